The Bertz CT molecular complexity index is 340. The van der Waals surface area contributed by atoms with Crippen molar-refractivity contribution in [3.63, 3.8) is 0 Å². The summed E-state index contributed by atoms with van der Waals surface area (Å²) in [5.74, 6) is 1.16. The third kappa shape index (κ3) is 6.41. The Hall–Kier alpha value is -0.580. The molecular weight excluding hydrogens is 254 g/mol. The van der Waals surface area contributed by atoms with Crippen LogP contribution < -0.4 is 5.32 Å². The number of hydrogen-bond donors (Lipinski definition) is 1. The lowest BCUT2D eigenvalue weighted by Crippen LogP contribution is -2.30. The number of pyridine rings is 1. The van der Waals surface area contributed by atoms with E-state index in [1.54, 1.807) is 0 Å². The van der Waals surface area contributed by atoms with Crippen LogP contribution in [-0.2, 0) is 13.1 Å². The summed E-state index contributed by atoms with van der Waals surface area (Å²) in [4.78, 5) is 6.91. The molecule has 1 rings (SSSR count). The summed E-state index contributed by atoms with van der Waals surface area (Å²) in [5, 5.41) is 3.39. The fraction of sp³-hybridized carbons (Fsp3) is 0.667. The SMILES string of the molecule is CCCNCc1ccc(CN(C)C(C)CSC)nc1. The van der Waals surface area contributed by atoms with Gasteiger partial charge in [0.05, 0.1) is 5.69 Å². The van der Waals surface area contributed by atoms with E-state index in [0.717, 1.165) is 31.1 Å². The van der Waals surface area contributed by atoms with Crippen LogP contribution in [0.1, 0.15) is 31.5 Å². The van der Waals surface area contributed by atoms with Gasteiger partial charge in [-0.2, -0.15) is 11.8 Å². The van der Waals surface area contributed by atoms with Crippen molar-refractivity contribution in [2.75, 3.05) is 25.6 Å². The Kier molecular flexibility index (Phi) is 8.10. The van der Waals surface area contributed by atoms with E-state index in [0.29, 0.717) is 6.04 Å². The summed E-state index contributed by atoms with van der Waals surface area (Å²) in [5.41, 5.74) is 2.41. The molecule has 3 nitrogen and oxygen atoms in total. The standard InChI is InChI=1S/C15H27N3S/c1-5-8-16-9-14-6-7-15(17-10-14)11-18(3)13(2)12-19-4/h6-7,10,13,16H,5,8-9,11-12H2,1-4H3. The third-order valence-corrected chi connectivity index (χ3v) is 4.03. The summed E-state index contributed by atoms with van der Waals surface area (Å²) in [6, 6.07) is 4.91. The van der Waals surface area contributed by atoms with Crippen molar-refractivity contribution < 1.29 is 0 Å². The zero-order chi connectivity index (χ0) is 14.1. The minimum Gasteiger partial charge on any atom is -0.313 e. The minimum absolute atomic E-state index is 0.586. The van der Waals surface area contributed by atoms with Gasteiger partial charge in [0.1, 0.15) is 0 Å². The van der Waals surface area contributed by atoms with Gasteiger partial charge < -0.3 is 5.32 Å². The molecule has 0 aliphatic heterocycles. The largest absolute Gasteiger partial charge is 0.313 e. The maximum Gasteiger partial charge on any atom is 0.0544 e. The second kappa shape index (κ2) is 9.34. The number of aromatic nitrogens is 1. The van der Waals surface area contributed by atoms with Crippen molar-refractivity contribution in [1.29, 1.82) is 0 Å². The first kappa shape index (κ1) is 16.5. The predicted molar refractivity (Wildman–Crippen MR) is 85.5 cm³/mol. The molecule has 1 aromatic rings. The van der Waals surface area contributed by atoms with Crippen LogP contribution in [0.4, 0.5) is 0 Å². The van der Waals surface area contributed by atoms with E-state index in [4.69, 9.17) is 0 Å². The highest BCUT2D eigenvalue weighted by molar-refractivity contribution is 7.98. The summed E-state index contributed by atoms with van der Waals surface area (Å²) < 4.78 is 0. The van der Waals surface area contributed by atoms with Crippen LogP contribution in [0.15, 0.2) is 18.3 Å². The van der Waals surface area contributed by atoms with E-state index < -0.39 is 0 Å². The average Bonchev–Trinajstić information content (AvgIpc) is 2.41. The highest BCUT2D eigenvalue weighted by Gasteiger charge is 2.09. The third-order valence-electron chi connectivity index (χ3n) is 3.21. The van der Waals surface area contributed by atoms with E-state index in [2.05, 4.69) is 54.5 Å². The lowest BCUT2D eigenvalue weighted by Gasteiger charge is -2.23. The highest BCUT2D eigenvalue weighted by Crippen LogP contribution is 2.08. The van der Waals surface area contributed by atoms with Gasteiger partial charge in [0, 0.05) is 31.1 Å². The Morgan fingerprint density at radius 1 is 1.42 bits per heavy atom. The maximum absolute atomic E-state index is 4.55. The molecule has 1 heterocycles. The maximum atomic E-state index is 4.55. The zero-order valence-electron chi connectivity index (χ0n) is 12.6. The number of hydrogen-bond acceptors (Lipinski definition) is 4. The van der Waals surface area contributed by atoms with E-state index >= 15 is 0 Å². The normalized spacial score (nSPS) is 12.9. The van der Waals surface area contributed by atoms with Gasteiger partial charge in [0.15, 0.2) is 0 Å². The Balaban J connectivity index is 2.43. The summed E-state index contributed by atoms with van der Waals surface area (Å²) in [6.07, 6.45) is 5.31. The molecule has 1 aromatic heterocycles. The average molecular weight is 281 g/mol. The molecule has 0 fully saturated rings. The number of nitrogens with one attached hydrogen (secondary N) is 1. The van der Waals surface area contributed by atoms with Crippen molar-refractivity contribution in [2.24, 2.45) is 0 Å². The molecular formula is C15H27N3S. The zero-order valence-corrected chi connectivity index (χ0v) is 13.5. The monoisotopic (exact) mass is 281 g/mol. The molecule has 4 heteroatoms. The molecule has 19 heavy (non-hydrogen) atoms. The fourth-order valence-electron chi connectivity index (χ4n) is 1.84. The first-order valence-corrected chi connectivity index (χ1v) is 8.40. The van der Waals surface area contributed by atoms with Crippen molar-refractivity contribution in [3.8, 4) is 0 Å². The number of nitrogens with zero attached hydrogens (tertiary/aromatic N) is 2. The second-order valence-corrected chi connectivity index (χ2v) is 5.96. The Morgan fingerprint density at radius 3 is 2.79 bits per heavy atom. The van der Waals surface area contributed by atoms with E-state index in [-0.39, 0.29) is 0 Å². The summed E-state index contributed by atoms with van der Waals surface area (Å²) >= 11 is 1.89. The van der Waals surface area contributed by atoms with Gasteiger partial charge in [-0.15, -0.1) is 0 Å². The molecule has 0 amide bonds. The summed E-state index contributed by atoms with van der Waals surface area (Å²) in [7, 11) is 2.17. The molecule has 0 aliphatic carbocycles. The van der Waals surface area contributed by atoms with Gasteiger partial charge in [-0.25, -0.2) is 0 Å². The van der Waals surface area contributed by atoms with Gasteiger partial charge in [-0.05, 0) is 44.8 Å². The second-order valence-electron chi connectivity index (χ2n) is 5.05. The highest BCUT2D eigenvalue weighted by atomic mass is 32.2. The quantitative estimate of drug-likeness (QED) is 0.705. The van der Waals surface area contributed by atoms with Crippen molar-refractivity contribution in [1.82, 2.24) is 15.2 Å². The van der Waals surface area contributed by atoms with Crippen LogP contribution in [0.3, 0.4) is 0 Å². The van der Waals surface area contributed by atoms with Crippen molar-refractivity contribution in [3.05, 3.63) is 29.6 Å². The smallest absolute Gasteiger partial charge is 0.0544 e. The topological polar surface area (TPSA) is 28.2 Å². The fourth-order valence-corrected chi connectivity index (χ4v) is 2.58. The molecule has 1 unspecified atom stereocenters. The van der Waals surface area contributed by atoms with Crippen molar-refractivity contribution >= 4 is 11.8 Å². The molecule has 0 saturated heterocycles. The van der Waals surface area contributed by atoms with Gasteiger partial charge in [-0.3, -0.25) is 9.88 Å². The molecule has 108 valence electrons. The predicted octanol–water partition coefficient (Wildman–Crippen LogP) is 2.76. The summed E-state index contributed by atoms with van der Waals surface area (Å²) in [6.45, 7) is 7.35. The van der Waals surface area contributed by atoms with Gasteiger partial charge >= 0.3 is 0 Å². The molecule has 0 saturated carbocycles. The van der Waals surface area contributed by atoms with Gasteiger partial charge in [0.25, 0.3) is 0 Å². The molecule has 1 N–H and O–H groups in total. The molecule has 0 aromatic carbocycles. The molecule has 0 spiro atoms. The van der Waals surface area contributed by atoms with Crippen LogP contribution in [-0.4, -0.2) is 41.5 Å². The first-order valence-electron chi connectivity index (χ1n) is 7.01. The lowest BCUT2D eigenvalue weighted by molar-refractivity contribution is 0.266. The first-order chi connectivity index (χ1) is 9.17. The van der Waals surface area contributed by atoms with E-state index in [9.17, 15) is 0 Å². The van der Waals surface area contributed by atoms with Crippen LogP contribution in [0.25, 0.3) is 0 Å². The molecule has 1 atom stereocenters. The Labute approximate surface area is 122 Å². The lowest BCUT2D eigenvalue weighted by atomic mass is 10.2. The molecule has 0 aliphatic rings. The minimum atomic E-state index is 0.586. The Morgan fingerprint density at radius 2 is 2.21 bits per heavy atom. The molecule has 0 bridgehead atoms. The van der Waals surface area contributed by atoms with Crippen LogP contribution in [0, 0.1) is 0 Å². The van der Waals surface area contributed by atoms with E-state index in [1.807, 2.05) is 18.0 Å². The van der Waals surface area contributed by atoms with Gasteiger partial charge in [0.2, 0.25) is 0 Å². The number of rotatable bonds is 9. The van der Waals surface area contributed by atoms with Crippen LogP contribution in [0.2, 0.25) is 0 Å². The van der Waals surface area contributed by atoms with Gasteiger partial charge in [-0.1, -0.05) is 13.0 Å². The van der Waals surface area contributed by atoms with Crippen molar-refractivity contribution in [2.45, 2.75) is 39.4 Å². The number of thioether (sulfide) groups is 1. The van der Waals surface area contributed by atoms with Crippen LogP contribution >= 0.6 is 11.8 Å². The van der Waals surface area contributed by atoms with E-state index in [1.165, 1.54) is 12.0 Å². The molecule has 0 radical (unpaired) electrons. The van der Waals surface area contributed by atoms with Crippen LogP contribution in [0.5, 0.6) is 0 Å².